The highest BCUT2D eigenvalue weighted by molar-refractivity contribution is 7.07. The molecule has 146 valence electrons. The summed E-state index contributed by atoms with van der Waals surface area (Å²) in [5.74, 6) is 0.495. The van der Waals surface area contributed by atoms with E-state index in [1.165, 1.54) is 29.9 Å². The zero-order chi connectivity index (χ0) is 19.9. The molecule has 2 heterocycles. The molecule has 0 aliphatic rings. The number of phenolic OH excluding ortho intramolecular Hbond substituents is 1. The van der Waals surface area contributed by atoms with E-state index >= 15 is 0 Å². The van der Waals surface area contributed by atoms with Crippen LogP contribution in [0.1, 0.15) is 13.8 Å². The second-order valence-electron chi connectivity index (χ2n) is 6.43. The Bertz CT molecular complexity index is 981. The molecule has 2 aromatic heterocycles. The number of hydrogen-bond donors (Lipinski definition) is 2. The van der Waals surface area contributed by atoms with Gasteiger partial charge in [-0.05, 0) is 35.7 Å². The Balaban J connectivity index is 1.76. The molecular weight excluding hydrogens is 378 g/mol. The van der Waals surface area contributed by atoms with Crippen LogP contribution in [-0.4, -0.2) is 32.2 Å². The van der Waals surface area contributed by atoms with Gasteiger partial charge in [-0.2, -0.15) is 0 Å². The lowest BCUT2D eigenvalue weighted by Gasteiger charge is -2.11. The Morgan fingerprint density at radius 2 is 2.11 bits per heavy atom. The zero-order valence-electron chi connectivity index (χ0n) is 15.6. The van der Waals surface area contributed by atoms with Crippen LogP contribution in [0.15, 0.2) is 53.3 Å². The Kier molecular flexibility index (Phi) is 6.38. The Hall–Kier alpha value is -3.20. The third-order valence-electron chi connectivity index (χ3n) is 3.68. The van der Waals surface area contributed by atoms with Gasteiger partial charge in [-0.1, -0.05) is 13.8 Å². The number of nitrogens with zero attached hydrogens (tertiary/aromatic N) is 4. The molecule has 0 saturated heterocycles. The highest BCUT2D eigenvalue weighted by Crippen LogP contribution is 2.23. The lowest BCUT2D eigenvalue weighted by Crippen LogP contribution is -2.29. The second kappa shape index (κ2) is 9.14. The van der Waals surface area contributed by atoms with Crippen LogP contribution in [-0.2, 0) is 11.3 Å². The van der Waals surface area contributed by atoms with Gasteiger partial charge in [0.2, 0.25) is 10.7 Å². The third kappa shape index (κ3) is 5.17. The van der Waals surface area contributed by atoms with E-state index < -0.39 is 0 Å². The molecule has 9 heteroatoms. The summed E-state index contributed by atoms with van der Waals surface area (Å²) in [6.45, 7) is 4.76. The SMILES string of the molecule is CC(C)Cn1c(-c2ccc(O)cc2)cs/c1=N\NC(=O)COc1cnccn1. The number of phenols is 1. The fourth-order valence-corrected chi connectivity index (χ4v) is 3.34. The van der Waals surface area contributed by atoms with Crippen LogP contribution in [0.3, 0.4) is 0 Å². The molecule has 3 aromatic rings. The lowest BCUT2D eigenvalue weighted by atomic mass is 10.1. The van der Waals surface area contributed by atoms with E-state index in [0.29, 0.717) is 10.7 Å². The fourth-order valence-electron chi connectivity index (χ4n) is 2.47. The van der Waals surface area contributed by atoms with Gasteiger partial charge in [0.05, 0.1) is 11.9 Å². The monoisotopic (exact) mass is 399 g/mol. The maximum Gasteiger partial charge on any atom is 0.278 e. The van der Waals surface area contributed by atoms with Crippen molar-refractivity contribution in [1.82, 2.24) is 20.0 Å². The van der Waals surface area contributed by atoms with E-state index in [1.807, 2.05) is 22.1 Å². The molecule has 0 aliphatic carbocycles. The van der Waals surface area contributed by atoms with E-state index in [9.17, 15) is 9.90 Å². The van der Waals surface area contributed by atoms with Crippen molar-refractivity contribution >= 4 is 17.2 Å². The molecule has 1 amide bonds. The van der Waals surface area contributed by atoms with Gasteiger partial charge in [0.15, 0.2) is 6.61 Å². The van der Waals surface area contributed by atoms with Crippen molar-refractivity contribution in [3.63, 3.8) is 0 Å². The molecule has 8 nitrogen and oxygen atoms in total. The first-order valence-electron chi connectivity index (χ1n) is 8.72. The van der Waals surface area contributed by atoms with Crippen molar-refractivity contribution in [1.29, 1.82) is 0 Å². The normalized spacial score (nSPS) is 11.6. The van der Waals surface area contributed by atoms with Gasteiger partial charge >= 0.3 is 0 Å². The summed E-state index contributed by atoms with van der Waals surface area (Å²) in [4.78, 5) is 20.5. The number of benzene rings is 1. The molecule has 0 saturated carbocycles. The number of hydrogen-bond acceptors (Lipinski definition) is 7. The summed E-state index contributed by atoms with van der Waals surface area (Å²) in [5.41, 5.74) is 4.46. The fraction of sp³-hybridized carbons (Fsp3) is 0.263. The number of carbonyl (C=O) groups is 1. The summed E-state index contributed by atoms with van der Waals surface area (Å²) in [6.07, 6.45) is 4.45. The maximum absolute atomic E-state index is 12.0. The summed E-state index contributed by atoms with van der Waals surface area (Å²) in [6, 6.07) is 7.00. The number of amides is 1. The number of thiazole rings is 1. The number of aromatic nitrogens is 3. The van der Waals surface area contributed by atoms with Crippen LogP contribution in [0.4, 0.5) is 0 Å². The van der Waals surface area contributed by atoms with Crippen LogP contribution >= 0.6 is 11.3 Å². The van der Waals surface area contributed by atoms with E-state index in [4.69, 9.17) is 4.74 Å². The van der Waals surface area contributed by atoms with Gasteiger partial charge in [-0.25, -0.2) is 10.4 Å². The molecule has 0 radical (unpaired) electrons. The lowest BCUT2D eigenvalue weighted by molar-refractivity contribution is -0.123. The topological polar surface area (TPSA) is 102 Å². The quantitative estimate of drug-likeness (QED) is 0.594. The van der Waals surface area contributed by atoms with Gasteiger partial charge < -0.3 is 14.4 Å². The standard InChI is InChI=1S/C19H21N5O3S/c1-13(2)10-24-16(14-3-5-15(25)6-4-14)12-28-19(24)23-22-17(26)11-27-18-9-20-7-8-21-18/h3-9,12-13,25H,10-11H2,1-2H3,(H,22,26)/b23-19-. The van der Waals surface area contributed by atoms with E-state index in [0.717, 1.165) is 17.8 Å². The number of nitrogens with one attached hydrogen (secondary N) is 1. The highest BCUT2D eigenvalue weighted by atomic mass is 32.1. The first-order chi connectivity index (χ1) is 13.5. The van der Waals surface area contributed by atoms with Crippen LogP contribution in [0.5, 0.6) is 11.6 Å². The van der Waals surface area contributed by atoms with E-state index in [2.05, 4.69) is 34.3 Å². The molecule has 0 aliphatic heterocycles. The average Bonchev–Trinajstić information content (AvgIpc) is 3.08. The van der Waals surface area contributed by atoms with Gasteiger partial charge in [0.1, 0.15) is 5.75 Å². The van der Waals surface area contributed by atoms with Crippen molar-refractivity contribution in [2.75, 3.05) is 6.61 Å². The van der Waals surface area contributed by atoms with Crippen LogP contribution in [0.2, 0.25) is 0 Å². The molecule has 28 heavy (non-hydrogen) atoms. The van der Waals surface area contributed by atoms with Crippen molar-refractivity contribution in [2.24, 2.45) is 11.0 Å². The molecule has 0 unspecified atom stereocenters. The van der Waals surface area contributed by atoms with Gasteiger partial charge in [0.25, 0.3) is 5.91 Å². The van der Waals surface area contributed by atoms with E-state index in [-0.39, 0.29) is 24.1 Å². The average molecular weight is 399 g/mol. The predicted octanol–water partition coefficient (Wildman–Crippen LogP) is 2.38. The van der Waals surface area contributed by atoms with Gasteiger partial charge in [0, 0.05) is 24.3 Å². The first kappa shape index (κ1) is 19.6. The third-order valence-corrected chi connectivity index (χ3v) is 4.54. The summed E-state index contributed by atoms with van der Waals surface area (Å²) >= 11 is 1.43. The van der Waals surface area contributed by atoms with Crippen molar-refractivity contribution in [3.05, 3.63) is 53.0 Å². The molecule has 0 fully saturated rings. The van der Waals surface area contributed by atoms with Crippen molar-refractivity contribution in [3.8, 4) is 22.9 Å². The minimum Gasteiger partial charge on any atom is -0.508 e. The maximum atomic E-state index is 12.0. The highest BCUT2D eigenvalue weighted by Gasteiger charge is 2.10. The summed E-state index contributed by atoms with van der Waals surface area (Å²) < 4.78 is 7.31. The van der Waals surface area contributed by atoms with Gasteiger partial charge in [-0.15, -0.1) is 16.4 Å². The molecule has 0 atom stereocenters. The minimum atomic E-state index is -0.388. The zero-order valence-corrected chi connectivity index (χ0v) is 16.4. The van der Waals surface area contributed by atoms with Crippen LogP contribution < -0.4 is 15.0 Å². The Morgan fingerprint density at radius 3 is 2.79 bits per heavy atom. The molecule has 1 aromatic carbocycles. The van der Waals surface area contributed by atoms with Crippen molar-refractivity contribution in [2.45, 2.75) is 20.4 Å². The van der Waals surface area contributed by atoms with E-state index in [1.54, 1.807) is 12.1 Å². The minimum absolute atomic E-state index is 0.206. The van der Waals surface area contributed by atoms with Crippen molar-refractivity contribution < 1.29 is 14.6 Å². The molecule has 0 spiro atoms. The smallest absolute Gasteiger partial charge is 0.278 e. The molecule has 2 N–H and O–H groups in total. The molecule has 3 rings (SSSR count). The second-order valence-corrected chi connectivity index (χ2v) is 7.27. The largest absolute Gasteiger partial charge is 0.508 e. The van der Waals surface area contributed by atoms with Crippen LogP contribution in [0, 0.1) is 5.92 Å². The number of carbonyl (C=O) groups excluding carboxylic acids is 1. The summed E-state index contributed by atoms with van der Waals surface area (Å²) in [7, 11) is 0. The number of aromatic hydroxyl groups is 1. The molecular formula is C19H21N5O3S. The van der Waals surface area contributed by atoms with Crippen LogP contribution in [0.25, 0.3) is 11.3 Å². The molecule has 0 bridgehead atoms. The predicted molar refractivity (Wildman–Crippen MR) is 105 cm³/mol. The van der Waals surface area contributed by atoms with Gasteiger partial charge in [-0.3, -0.25) is 9.78 Å². The summed E-state index contributed by atoms with van der Waals surface area (Å²) in [5, 5.41) is 15.7. The Morgan fingerprint density at radius 1 is 1.32 bits per heavy atom. The number of rotatable bonds is 7. The first-order valence-corrected chi connectivity index (χ1v) is 9.60. The Labute approximate surface area is 166 Å². The number of ether oxygens (including phenoxy) is 1.